The van der Waals surface area contributed by atoms with Gasteiger partial charge >= 0.3 is 0 Å². The summed E-state index contributed by atoms with van der Waals surface area (Å²) < 4.78 is 11.3. The third-order valence-electron chi connectivity index (χ3n) is 4.95. The summed E-state index contributed by atoms with van der Waals surface area (Å²) in [5, 5.41) is 26.7. The van der Waals surface area contributed by atoms with Crippen molar-refractivity contribution >= 4 is 0 Å². The predicted octanol–water partition coefficient (Wildman–Crippen LogP) is 1.22. The van der Waals surface area contributed by atoms with Crippen molar-refractivity contribution in [3.63, 3.8) is 0 Å². The van der Waals surface area contributed by atoms with Crippen molar-refractivity contribution in [2.45, 2.75) is 52.3 Å². The second-order valence-corrected chi connectivity index (χ2v) is 7.47. The number of nitrogens with one attached hydrogen (secondary N) is 2. The lowest BCUT2D eigenvalue weighted by molar-refractivity contribution is -0.147. The summed E-state index contributed by atoms with van der Waals surface area (Å²) >= 11 is 0. The van der Waals surface area contributed by atoms with E-state index in [1.807, 2.05) is 24.3 Å². The van der Waals surface area contributed by atoms with Gasteiger partial charge in [0, 0.05) is 29.6 Å². The molecule has 0 aliphatic carbocycles. The molecule has 4 N–H and O–H groups in total. The fourth-order valence-corrected chi connectivity index (χ4v) is 2.38. The highest BCUT2D eigenvalue weighted by Crippen LogP contribution is 2.31. The molecule has 0 amide bonds. The number of benzene rings is 1. The predicted molar refractivity (Wildman–Crippen MR) is 92.6 cm³/mol. The van der Waals surface area contributed by atoms with Crippen molar-refractivity contribution in [1.82, 2.24) is 10.6 Å². The van der Waals surface area contributed by atoms with Crippen molar-refractivity contribution in [2.75, 3.05) is 19.8 Å². The molecule has 1 aromatic carbocycles. The molecule has 0 bridgehead atoms. The molecule has 0 saturated carbocycles. The minimum atomic E-state index is -0.991. The number of para-hydroxylation sites is 1. The van der Waals surface area contributed by atoms with Crippen LogP contribution in [0.1, 0.15) is 33.3 Å². The highest BCUT2D eigenvalue weighted by molar-refractivity contribution is 5.33. The van der Waals surface area contributed by atoms with Gasteiger partial charge in [0.2, 0.25) is 0 Å². The number of hydrogen-bond donors (Lipinski definition) is 4. The van der Waals surface area contributed by atoms with Crippen molar-refractivity contribution < 1.29 is 19.7 Å². The molecular formula is C18H30N2O4. The molecule has 2 unspecified atom stereocenters. The Labute approximate surface area is 144 Å². The van der Waals surface area contributed by atoms with Crippen LogP contribution in [-0.4, -0.2) is 48.0 Å². The highest BCUT2D eigenvalue weighted by atomic mass is 16.6. The molecule has 1 aliphatic heterocycles. The van der Waals surface area contributed by atoms with E-state index < -0.39 is 12.5 Å². The molecule has 0 spiro atoms. The molecule has 2 rings (SSSR count). The normalized spacial score (nSPS) is 28.2. The van der Waals surface area contributed by atoms with Crippen LogP contribution in [0.15, 0.2) is 24.3 Å². The van der Waals surface area contributed by atoms with Crippen LogP contribution in [0.2, 0.25) is 0 Å². The first-order valence-electron chi connectivity index (χ1n) is 8.38. The first-order valence-corrected chi connectivity index (χ1v) is 8.38. The second kappa shape index (κ2) is 7.80. The minimum Gasteiger partial charge on any atom is -0.488 e. The molecule has 1 aliphatic rings. The largest absolute Gasteiger partial charge is 0.488 e. The van der Waals surface area contributed by atoms with Crippen LogP contribution in [0.3, 0.4) is 0 Å². The fraction of sp³-hybridized carbons (Fsp3) is 0.667. The summed E-state index contributed by atoms with van der Waals surface area (Å²) in [4.78, 5) is 0. The van der Waals surface area contributed by atoms with Crippen LogP contribution in [0.4, 0.5) is 0 Å². The number of hydrogen-bond acceptors (Lipinski definition) is 6. The monoisotopic (exact) mass is 338 g/mol. The minimum absolute atomic E-state index is 0.0590. The Morgan fingerprint density at radius 3 is 2.58 bits per heavy atom. The van der Waals surface area contributed by atoms with Crippen LogP contribution in [0, 0.1) is 5.41 Å². The molecule has 1 aromatic rings. The Bertz CT molecular complexity index is 487. The van der Waals surface area contributed by atoms with Gasteiger partial charge < -0.3 is 25.0 Å². The summed E-state index contributed by atoms with van der Waals surface area (Å²) in [6.07, 6.45) is -1.67. The molecule has 6 nitrogen and oxygen atoms in total. The van der Waals surface area contributed by atoms with E-state index in [0.29, 0.717) is 25.4 Å². The van der Waals surface area contributed by atoms with Gasteiger partial charge in [0.05, 0.1) is 6.61 Å². The van der Waals surface area contributed by atoms with Crippen LogP contribution < -0.4 is 15.4 Å². The summed E-state index contributed by atoms with van der Waals surface area (Å²) in [7, 11) is 0. The third-order valence-corrected chi connectivity index (χ3v) is 4.95. The first kappa shape index (κ1) is 19.1. The average molecular weight is 338 g/mol. The van der Waals surface area contributed by atoms with E-state index in [1.165, 1.54) is 0 Å². The quantitative estimate of drug-likeness (QED) is 0.569. The van der Waals surface area contributed by atoms with E-state index in [0.717, 1.165) is 5.56 Å². The summed E-state index contributed by atoms with van der Waals surface area (Å²) in [6, 6.07) is 7.55. The van der Waals surface area contributed by atoms with Gasteiger partial charge in [-0.2, -0.15) is 0 Å². The second-order valence-electron chi connectivity index (χ2n) is 7.47. The molecule has 24 heavy (non-hydrogen) atoms. The Hall–Kier alpha value is -1.18. The number of aliphatic hydroxyl groups is 2. The molecule has 2 atom stereocenters. The zero-order valence-electron chi connectivity index (χ0n) is 15.0. The maximum Gasteiger partial charge on any atom is 0.189 e. The van der Waals surface area contributed by atoms with Crippen molar-refractivity contribution in [1.29, 1.82) is 0 Å². The fourth-order valence-electron chi connectivity index (χ4n) is 2.38. The first-order chi connectivity index (χ1) is 11.2. The van der Waals surface area contributed by atoms with Crippen molar-refractivity contribution in [3.8, 4) is 5.75 Å². The maximum atomic E-state index is 10.2. The SMILES string of the molecule is CC1(C)COC(O)COc2ccccc2CNC(O)CNC1(C)C. The van der Waals surface area contributed by atoms with E-state index in [4.69, 9.17) is 9.47 Å². The van der Waals surface area contributed by atoms with Gasteiger partial charge in [-0.25, -0.2) is 0 Å². The van der Waals surface area contributed by atoms with E-state index >= 15 is 0 Å². The summed E-state index contributed by atoms with van der Waals surface area (Å²) in [6.45, 7) is 9.55. The lowest BCUT2D eigenvalue weighted by Crippen LogP contribution is -2.56. The molecule has 1 heterocycles. The smallest absolute Gasteiger partial charge is 0.189 e. The van der Waals surface area contributed by atoms with Crippen LogP contribution in [0.5, 0.6) is 5.75 Å². The Morgan fingerprint density at radius 1 is 1.12 bits per heavy atom. The zero-order valence-corrected chi connectivity index (χ0v) is 15.0. The molecule has 136 valence electrons. The zero-order chi connectivity index (χ0) is 17.8. The summed E-state index contributed by atoms with van der Waals surface area (Å²) in [5.41, 5.74) is 0.369. The number of β-amino-alcohol motifs (C(OH)–C–C–N with tert-alkyl or cyclic N) is 1. The molecule has 0 saturated heterocycles. The highest BCUT2D eigenvalue weighted by Gasteiger charge is 2.37. The Kier molecular flexibility index (Phi) is 6.22. The molecule has 0 radical (unpaired) electrons. The van der Waals surface area contributed by atoms with Crippen molar-refractivity contribution in [3.05, 3.63) is 29.8 Å². The van der Waals surface area contributed by atoms with Crippen LogP contribution >= 0.6 is 0 Å². The van der Waals surface area contributed by atoms with E-state index in [1.54, 1.807) is 0 Å². The molecule has 0 aromatic heterocycles. The van der Waals surface area contributed by atoms with Gasteiger partial charge in [-0.1, -0.05) is 32.0 Å². The van der Waals surface area contributed by atoms with Gasteiger partial charge in [-0.15, -0.1) is 0 Å². The maximum absolute atomic E-state index is 10.2. The number of rotatable bonds is 0. The van der Waals surface area contributed by atoms with Gasteiger partial charge in [-0.3, -0.25) is 5.32 Å². The lowest BCUT2D eigenvalue weighted by atomic mass is 9.75. The number of fused-ring (bicyclic) bond motifs is 1. The van der Waals surface area contributed by atoms with E-state index in [-0.39, 0.29) is 17.6 Å². The van der Waals surface area contributed by atoms with Crippen molar-refractivity contribution in [2.24, 2.45) is 5.41 Å². The van der Waals surface area contributed by atoms with E-state index in [2.05, 4.69) is 38.3 Å². The molecule has 0 fully saturated rings. The van der Waals surface area contributed by atoms with Crippen LogP contribution in [0.25, 0.3) is 0 Å². The Morgan fingerprint density at radius 2 is 1.83 bits per heavy atom. The topological polar surface area (TPSA) is 83.0 Å². The van der Waals surface area contributed by atoms with Gasteiger partial charge in [0.25, 0.3) is 0 Å². The summed E-state index contributed by atoms with van der Waals surface area (Å²) in [5.74, 6) is 0.671. The van der Waals surface area contributed by atoms with Gasteiger partial charge in [0.1, 0.15) is 18.6 Å². The number of ether oxygens (including phenoxy) is 2. The van der Waals surface area contributed by atoms with E-state index in [9.17, 15) is 10.2 Å². The number of aliphatic hydroxyl groups excluding tert-OH is 2. The molecular weight excluding hydrogens is 308 g/mol. The van der Waals surface area contributed by atoms with Gasteiger partial charge in [0.15, 0.2) is 6.29 Å². The standard InChI is InChI=1S/C18H30N2O4/c1-17(2)12-24-16(22)11-23-14-8-6-5-7-13(14)9-19-15(21)10-20-18(17,3)4/h5-8,15-16,19-22H,9-12H2,1-4H3. The third kappa shape index (κ3) is 4.91. The van der Waals surface area contributed by atoms with Crippen LogP contribution in [-0.2, 0) is 11.3 Å². The van der Waals surface area contributed by atoms with Gasteiger partial charge in [-0.05, 0) is 19.9 Å². The Balaban J connectivity index is 2.16. The lowest BCUT2D eigenvalue weighted by Gasteiger charge is -2.43. The average Bonchev–Trinajstić information content (AvgIpc) is 2.54. The molecule has 6 heteroatoms.